The molecule has 0 aromatic heterocycles. The second-order valence-corrected chi connectivity index (χ2v) is 13.3. The van der Waals surface area contributed by atoms with E-state index in [9.17, 15) is 4.79 Å². The van der Waals surface area contributed by atoms with Gasteiger partial charge in [0.05, 0.1) is 28.8 Å². The van der Waals surface area contributed by atoms with E-state index in [0.717, 1.165) is 41.7 Å². The fourth-order valence-electron chi connectivity index (χ4n) is 6.79. The summed E-state index contributed by atoms with van der Waals surface area (Å²) in [6.45, 7) is 4.52. The van der Waals surface area contributed by atoms with Crippen molar-refractivity contribution in [3.63, 3.8) is 0 Å². The second-order valence-electron chi connectivity index (χ2n) is 11.4. The van der Waals surface area contributed by atoms with Gasteiger partial charge in [0.1, 0.15) is 0 Å². The van der Waals surface area contributed by atoms with Crippen molar-refractivity contribution in [1.82, 2.24) is 5.32 Å². The standard InChI is InChI=1S/C37H34BrN3O3S/c1-3-44-32-19-23(18-31(38)35(32)43-2)20-33-36(42)40-37(45-33)39-26-21-29-27(24-10-6-4-7-11-24)14-16-41-17-15-28(30(22-26)34(29)41)25-12-8-5-9-13-25/h4-13,18-22,27-28H,3,14-17H2,1-2H3,(H,39,40,42)/b33-20-/t27-,28-/m1/s1. The Balaban J connectivity index is 1.28. The van der Waals surface area contributed by atoms with E-state index < -0.39 is 0 Å². The predicted molar refractivity (Wildman–Crippen MR) is 187 cm³/mol. The summed E-state index contributed by atoms with van der Waals surface area (Å²) in [6, 6.07) is 29.9. The maximum Gasteiger partial charge on any atom is 0.264 e. The third-order valence-electron chi connectivity index (χ3n) is 8.72. The number of thioether (sulfide) groups is 1. The minimum absolute atomic E-state index is 0.168. The summed E-state index contributed by atoms with van der Waals surface area (Å²) in [7, 11) is 1.61. The number of hydrogen-bond acceptors (Lipinski definition) is 6. The number of aliphatic imine (C=N–C) groups is 1. The summed E-state index contributed by atoms with van der Waals surface area (Å²) in [5, 5.41) is 3.58. The number of methoxy groups -OCH3 is 1. The number of benzene rings is 4. The Hall–Kier alpha value is -4.01. The van der Waals surface area contributed by atoms with Crippen LogP contribution < -0.4 is 19.7 Å². The molecule has 0 radical (unpaired) electrons. The SMILES string of the molecule is CCOc1cc(/C=C2\SC(=Nc3cc4c5c(c3)[C@@H](c3ccccc3)CCN5CC[C@@H]4c3ccccc3)NC2=O)cc(Br)c1OC. The van der Waals surface area contributed by atoms with Crippen molar-refractivity contribution in [3.05, 3.63) is 122 Å². The van der Waals surface area contributed by atoms with Crippen LogP contribution in [0, 0.1) is 0 Å². The number of hydrogen-bond donors (Lipinski definition) is 1. The molecule has 0 spiro atoms. The zero-order valence-corrected chi connectivity index (χ0v) is 27.7. The van der Waals surface area contributed by atoms with E-state index in [1.807, 2.05) is 25.1 Å². The van der Waals surface area contributed by atoms with Gasteiger partial charge in [-0.2, -0.15) is 0 Å². The van der Waals surface area contributed by atoms with Gasteiger partial charge in [0.25, 0.3) is 5.91 Å². The van der Waals surface area contributed by atoms with Crippen LogP contribution in [-0.2, 0) is 4.79 Å². The average molecular weight is 681 g/mol. The molecular formula is C37H34BrN3O3S. The lowest BCUT2D eigenvalue weighted by Gasteiger charge is -2.43. The largest absolute Gasteiger partial charge is 0.492 e. The van der Waals surface area contributed by atoms with Gasteiger partial charge in [-0.3, -0.25) is 4.79 Å². The first kappa shape index (κ1) is 29.7. The molecule has 7 rings (SSSR count). The molecule has 0 bridgehead atoms. The number of amidine groups is 1. The van der Waals surface area contributed by atoms with Crippen LogP contribution in [0.3, 0.4) is 0 Å². The zero-order chi connectivity index (χ0) is 30.9. The van der Waals surface area contributed by atoms with E-state index in [1.54, 1.807) is 7.11 Å². The molecule has 8 heteroatoms. The lowest BCUT2D eigenvalue weighted by atomic mass is 9.76. The lowest BCUT2D eigenvalue weighted by molar-refractivity contribution is -0.115. The molecule has 3 aliphatic heterocycles. The van der Waals surface area contributed by atoms with Crippen molar-refractivity contribution < 1.29 is 14.3 Å². The minimum atomic E-state index is -0.168. The Labute approximate surface area is 276 Å². The Morgan fingerprint density at radius 3 is 2.16 bits per heavy atom. The van der Waals surface area contributed by atoms with Crippen LogP contribution in [0.5, 0.6) is 11.5 Å². The van der Waals surface area contributed by atoms with Gasteiger partial charge in [-0.05, 0) is 106 Å². The molecule has 0 unspecified atom stereocenters. The van der Waals surface area contributed by atoms with Gasteiger partial charge in [0.2, 0.25) is 0 Å². The van der Waals surface area contributed by atoms with Crippen LogP contribution in [0.2, 0.25) is 0 Å². The van der Waals surface area contributed by atoms with Gasteiger partial charge >= 0.3 is 0 Å². The second kappa shape index (κ2) is 12.8. The lowest BCUT2D eigenvalue weighted by Crippen LogP contribution is -2.37. The van der Waals surface area contributed by atoms with Crippen LogP contribution in [0.4, 0.5) is 11.4 Å². The number of anilines is 1. The molecule has 4 aromatic carbocycles. The summed E-state index contributed by atoms with van der Waals surface area (Å²) in [4.78, 5) is 21.3. The summed E-state index contributed by atoms with van der Waals surface area (Å²) in [5.74, 6) is 1.66. The zero-order valence-electron chi connectivity index (χ0n) is 25.3. The van der Waals surface area contributed by atoms with Crippen molar-refractivity contribution in [2.45, 2.75) is 31.6 Å². The highest BCUT2D eigenvalue weighted by molar-refractivity contribution is 9.10. The quantitative estimate of drug-likeness (QED) is 0.198. The van der Waals surface area contributed by atoms with E-state index in [1.165, 1.54) is 39.7 Å². The Kier molecular flexibility index (Phi) is 8.43. The first-order valence-corrected chi connectivity index (χ1v) is 17.0. The molecule has 2 atom stereocenters. The van der Waals surface area contributed by atoms with Crippen molar-refractivity contribution in [3.8, 4) is 11.5 Å². The smallest absolute Gasteiger partial charge is 0.264 e. The first-order chi connectivity index (χ1) is 22.0. The molecule has 45 heavy (non-hydrogen) atoms. The molecule has 6 nitrogen and oxygen atoms in total. The molecule has 3 aliphatic rings. The Morgan fingerprint density at radius 2 is 1.58 bits per heavy atom. The normalized spacial score (nSPS) is 20.7. The third kappa shape index (κ3) is 5.89. The molecule has 4 aromatic rings. The van der Waals surface area contributed by atoms with E-state index in [2.05, 4.69) is 98.9 Å². The van der Waals surface area contributed by atoms with Gasteiger partial charge < -0.3 is 19.7 Å². The summed E-state index contributed by atoms with van der Waals surface area (Å²) >= 11 is 4.93. The topological polar surface area (TPSA) is 63.2 Å². The van der Waals surface area contributed by atoms with E-state index in [4.69, 9.17) is 14.5 Å². The molecule has 3 heterocycles. The van der Waals surface area contributed by atoms with Crippen LogP contribution in [0.15, 0.2) is 99.3 Å². The fraction of sp³-hybridized carbons (Fsp3) is 0.243. The average Bonchev–Trinajstić information content (AvgIpc) is 3.39. The van der Waals surface area contributed by atoms with Gasteiger partial charge in [0, 0.05) is 30.6 Å². The Morgan fingerprint density at radius 1 is 0.956 bits per heavy atom. The monoisotopic (exact) mass is 679 g/mol. The van der Waals surface area contributed by atoms with Crippen molar-refractivity contribution >= 4 is 56.2 Å². The molecule has 1 saturated heterocycles. The predicted octanol–water partition coefficient (Wildman–Crippen LogP) is 8.63. The van der Waals surface area contributed by atoms with E-state index in [-0.39, 0.29) is 5.91 Å². The highest BCUT2D eigenvalue weighted by Crippen LogP contribution is 2.50. The number of carbonyl (C=O) groups excluding carboxylic acids is 1. The van der Waals surface area contributed by atoms with E-state index >= 15 is 0 Å². The molecule has 1 N–H and O–H groups in total. The Bertz CT molecular complexity index is 1740. The number of amides is 1. The van der Waals surface area contributed by atoms with Crippen LogP contribution in [0.1, 0.15) is 59.4 Å². The highest BCUT2D eigenvalue weighted by atomic mass is 79.9. The molecule has 1 fully saturated rings. The summed E-state index contributed by atoms with van der Waals surface area (Å²) < 4.78 is 12.0. The van der Waals surface area contributed by atoms with Crippen molar-refractivity contribution in [1.29, 1.82) is 0 Å². The van der Waals surface area contributed by atoms with Gasteiger partial charge in [-0.25, -0.2) is 4.99 Å². The summed E-state index contributed by atoms with van der Waals surface area (Å²) in [6.07, 6.45) is 3.98. The van der Waals surface area contributed by atoms with E-state index in [0.29, 0.717) is 40.0 Å². The van der Waals surface area contributed by atoms with Crippen LogP contribution in [0.25, 0.3) is 6.08 Å². The van der Waals surface area contributed by atoms with Crippen molar-refractivity contribution in [2.75, 3.05) is 31.7 Å². The highest BCUT2D eigenvalue weighted by Gasteiger charge is 2.35. The van der Waals surface area contributed by atoms with Crippen LogP contribution >= 0.6 is 27.7 Å². The number of nitrogens with zero attached hydrogens (tertiary/aromatic N) is 2. The maximum absolute atomic E-state index is 13.1. The van der Waals surface area contributed by atoms with Crippen LogP contribution in [-0.4, -0.2) is 37.9 Å². The molecule has 0 saturated carbocycles. The third-order valence-corrected chi connectivity index (χ3v) is 10.2. The number of rotatable bonds is 7. The van der Waals surface area contributed by atoms with Gasteiger partial charge in [-0.1, -0.05) is 60.7 Å². The molecular weight excluding hydrogens is 646 g/mol. The first-order valence-electron chi connectivity index (χ1n) is 15.3. The fourth-order valence-corrected chi connectivity index (χ4v) is 8.25. The number of halogens is 1. The maximum atomic E-state index is 13.1. The number of carbonyl (C=O) groups is 1. The van der Waals surface area contributed by atoms with Gasteiger partial charge in [0.15, 0.2) is 16.7 Å². The minimum Gasteiger partial charge on any atom is -0.492 e. The number of ether oxygens (including phenoxy) is 2. The number of nitrogens with one attached hydrogen (secondary N) is 1. The molecule has 1 amide bonds. The summed E-state index contributed by atoms with van der Waals surface area (Å²) in [5.41, 5.74) is 8.36. The van der Waals surface area contributed by atoms with Gasteiger partial charge in [-0.15, -0.1) is 0 Å². The molecule has 0 aliphatic carbocycles. The van der Waals surface area contributed by atoms with Crippen molar-refractivity contribution in [2.24, 2.45) is 4.99 Å². The molecule has 228 valence electrons.